The molecule has 1 fully saturated rings. The zero-order valence-electron chi connectivity index (χ0n) is 13.6. The average molecular weight is 337 g/mol. The Morgan fingerprint density at radius 1 is 1.36 bits per heavy atom. The molecule has 0 amide bonds. The molecule has 9 heteroatoms. The molecule has 1 heterocycles. The van der Waals surface area contributed by atoms with Crippen molar-refractivity contribution in [3.63, 3.8) is 0 Å². The standard InChI is InChI=1S/C8H16N2O3S.C5H11NO2/c1-2-9-5-6-10(8-9)4-3-7-14(11,12)13;1-6(2,3)4-5(7)8/h2H,1,3-8H2,(H,11,12,13);4H2,1-3H3. The minimum Gasteiger partial charge on any atom is -0.544 e. The summed E-state index contributed by atoms with van der Waals surface area (Å²) in [4.78, 5) is 14.1. The van der Waals surface area contributed by atoms with Crippen LogP contribution in [0.25, 0.3) is 0 Å². The van der Waals surface area contributed by atoms with Crippen LogP contribution < -0.4 is 5.11 Å². The fraction of sp³-hybridized carbons (Fsp3) is 0.769. The highest BCUT2D eigenvalue weighted by Crippen LogP contribution is 2.05. The number of carboxylic acid groups (broad SMARTS) is 1. The van der Waals surface area contributed by atoms with Crippen molar-refractivity contribution in [2.45, 2.75) is 6.42 Å². The van der Waals surface area contributed by atoms with E-state index in [1.165, 1.54) is 0 Å². The first-order chi connectivity index (χ1) is 9.93. The van der Waals surface area contributed by atoms with Crippen molar-refractivity contribution in [2.24, 2.45) is 0 Å². The summed E-state index contributed by atoms with van der Waals surface area (Å²) in [5, 5.41) is 9.89. The predicted molar refractivity (Wildman–Crippen MR) is 82.3 cm³/mol. The Morgan fingerprint density at radius 3 is 2.27 bits per heavy atom. The zero-order valence-corrected chi connectivity index (χ0v) is 14.4. The Bertz CT molecular complexity index is 459. The van der Waals surface area contributed by atoms with Gasteiger partial charge in [0.15, 0.2) is 0 Å². The summed E-state index contributed by atoms with van der Waals surface area (Å²) < 4.78 is 29.8. The van der Waals surface area contributed by atoms with Gasteiger partial charge in [-0.1, -0.05) is 6.58 Å². The molecule has 1 aliphatic heterocycles. The quantitative estimate of drug-likeness (QED) is 0.442. The number of nitrogens with zero attached hydrogens (tertiary/aromatic N) is 3. The maximum Gasteiger partial charge on any atom is 0.264 e. The summed E-state index contributed by atoms with van der Waals surface area (Å²) >= 11 is 0. The Balaban J connectivity index is 0.000000472. The number of carbonyl (C=O) groups is 1. The van der Waals surface area contributed by atoms with Gasteiger partial charge in [0, 0.05) is 19.6 Å². The van der Waals surface area contributed by atoms with E-state index in [1.807, 2.05) is 0 Å². The molecule has 0 saturated carbocycles. The molecule has 0 atom stereocenters. The van der Waals surface area contributed by atoms with E-state index in [-0.39, 0.29) is 12.3 Å². The van der Waals surface area contributed by atoms with Crippen LogP contribution in [0.3, 0.4) is 0 Å². The summed E-state index contributed by atoms with van der Waals surface area (Å²) in [5.74, 6) is -1.16. The molecular weight excluding hydrogens is 310 g/mol. The normalized spacial score (nSPS) is 16.1. The molecule has 1 N–H and O–H groups in total. The highest BCUT2D eigenvalue weighted by Gasteiger charge is 2.16. The second-order valence-electron chi connectivity index (χ2n) is 6.21. The van der Waals surface area contributed by atoms with Gasteiger partial charge in [-0.15, -0.1) is 0 Å². The predicted octanol–water partition coefficient (Wildman–Crippen LogP) is -1.57. The van der Waals surface area contributed by atoms with E-state index in [4.69, 9.17) is 4.55 Å². The largest absolute Gasteiger partial charge is 0.544 e. The summed E-state index contributed by atoms with van der Waals surface area (Å²) in [5.41, 5.74) is 0. The van der Waals surface area contributed by atoms with Gasteiger partial charge in [-0.2, -0.15) is 8.42 Å². The molecule has 0 unspecified atom stereocenters. The van der Waals surface area contributed by atoms with Gasteiger partial charge in [-0.05, 0) is 12.6 Å². The van der Waals surface area contributed by atoms with Crippen molar-refractivity contribution in [2.75, 3.05) is 59.7 Å². The minimum absolute atomic E-state index is 0.0694. The van der Waals surface area contributed by atoms with Gasteiger partial charge in [0.1, 0.15) is 6.54 Å². The van der Waals surface area contributed by atoms with E-state index in [0.717, 1.165) is 19.8 Å². The van der Waals surface area contributed by atoms with Crippen LogP contribution in [0.4, 0.5) is 0 Å². The Hall–Kier alpha value is -1.16. The van der Waals surface area contributed by atoms with E-state index in [1.54, 1.807) is 27.3 Å². The highest BCUT2D eigenvalue weighted by molar-refractivity contribution is 7.85. The molecule has 0 aliphatic carbocycles. The van der Waals surface area contributed by atoms with Crippen molar-refractivity contribution in [3.05, 3.63) is 12.8 Å². The Labute approximate surface area is 133 Å². The number of carbonyl (C=O) groups excluding carboxylic acids is 1. The van der Waals surface area contributed by atoms with Crippen LogP contribution in [0.2, 0.25) is 0 Å². The summed E-state index contributed by atoms with van der Waals surface area (Å²) in [6.45, 7) is 7.10. The molecular formula is C13H27N3O5S. The van der Waals surface area contributed by atoms with Gasteiger partial charge in [0.2, 0.25) is 0 Å². The first-order valence-corrected chi connectivity index (χ1v) is 8.58. The average Bonchev–Trinajstić information content (AvgIpc) is 2.72. The number of likely N-dealkylation sites (N-methyl/N-ethyl adjacent to an activating group) is 1. The first kappa shape index (κ1) is 20.8. The SMILES string of the molecule is C=CN1CCN(CCCS(=O)(=O)O)C1.C[N+](C)(C)CC(=O)[O-]. The molecule has 0 bridgehead atoms. The third-order valence-electron chi connectivity index (χ3n) is 2.82. The number of carboxylic acids is 1. The van der Waals surface area contributed by atoms with Crippen molar-refractivity contribution in [3.8, 4) is 0 Å². The van der Waals surface area contributed by atoms with Gasteiger partial charge in [-0.3, -0.25) is 9.45 Å². The van der Waals surface area contributed by atoms with Gasteiger partial charge in [0.25, 0.3) is 10.1 Å². The molecule has 0 aromatic rings. The maximum atomic E-state index is 10.4. The molecule has 22 heavy (non-hydrogen) atoms. The molecule has 1 saturated heterocycles. The highest BCUT2D eigenvalue weighted by atomic mass is 32.2. The minimum atomic E-state index is -3.80. The fourth-order valence-electron chi connectivity index (χ4n) is 1.86. The lowest BCUT2D eigenvalue weighted by atomic mass is 10.4. The molecule has 8 nitrogen and oxygen atoms in total. The van der Waals surface area contributed by atoms with Gasteiger partial charge >= 0.3 is 0 Å². The molecule has 0 aromatic heterocycles. The van der Waals surface area contributed by atoms with Crippen molar-refractivity contribution >= 4 is 16.1 Å². The van der Waals surface area contributed by atoms with Crippen LogP contribution in [-0.4, -0.2) is 93.0 Å². The zero-order chi connectivity index (χ0) is 17.4. The second kappa shape index (κ2) is 9.09. The molecule has 0 spiro atoms. The third-order valence-corrected chi connectivity index (χ3v) is 3.63. The van der Waals surface area contributed by atoms with Gasteiger partial charge < -0.3 is 19.3 Å². The van der Waals surface area contributed by atoms with E-state index >= 15 is 0 Å². The maximum absolute atomic E-state index is 10.4. The Morgan fingerprint density at radius 2 is 1.95 bits per heavy atom. The van der Waals surface area contributed by atoms with E-state index in [2.05, 4.69) is 16.4 Å². The Kier molecular flexibility index (Phi) is 8.61. The van der Waals surface area contributed by atoms with Crippen molar-refractivity contribution in [1.29, 1.82) is 0 Å². The summed E-state index contributed by atoms with van der Waals surface area (Å²) in [6.07, 6.45) is 2.26. The molecule has 130 valence electrons. The van der Waals surface area contributed by atoms with Crippen molar-refractivity contribution < 1.29 is 27.4 Å². The van der Waals surface area contributed by atoms with E-state index in [9.17, 15) is 18.3 Å². The topological polar surface area (TPSA) is 101 Å². The number of rotatable bonds is 7. The summed E-state index contributed by atoms with van der Waals surface area (Å²) in [6, 6.07) is 0. The molecule has 0 aromatic carbocycles. The van der Waals surface area contributed by atoms with Gasteiger partial charge in [0.05, 0.1) is 39.5 Å². The second-order valence-corrected chi connectivity index (χ2v) is 7.79. The van der Waals surface area contributed by atoms with Crippen LogP contribution in [0.5, 0.6) is 0 Å². The smallest absolute Gasteiger partial charge is 0.264 e. The third kappa shape index (κ3) is 12.6. The fourth-order valence-corrected chi connectivity index (χ4v) is 2.35. The lowest BCUT2D eigenvalue weighted by molar-refractivity contribution is -0.864. The lowest BCUT2D eigenvalue weighted by Gasteiger charge is -2.23. The lowest BCUT2D eigenvalue weighted by Crippen LogP contribution is -2.45. The number of aliphatic carboxylic acids is 1. The molecule has 1 rings (SSSR count). The van der Waals surface area contributed by atoms with Crippen LogP contribution in [0.1, 0.15) is 6.42 Å². The van der Waals surface area contributed by atoms with Crippen LogP contribution in [0, 0.1) is 0 Å². The van der Waals surface area contributed by atoms with Crippen LogP contribution in [0.15, 0.2) is 12.8 Å². The summed E-state index contributed by atoms with van der Waals surface area (Å²) in [7, 11) is 1.61. The number of quaternary nitrogens is 1. The number of hydrogen-bond donors (Lipinski definition) is 1. The first-order valence-electron chi connectivity index (χ1n) is 6.97. The van der Waals surface area contributed by atoms with Crippen molar-refractivity contribution in [1.82, 2.24) is 9.80 Å². The van der Waals surface area contributed by atoms with Gasteiger partial charge in [-0.25, -0.2) is 0 Å². The molecule has 0 radical (unpaired) electrons. The molecule has 1 aliphatic rings. The van der Waals surface area contributed by atoms with Crippen LogP contribution >= 0.6 is 0 Å². The number of hydrogen-bond acceptors (Lipinski definition) is 6. The monoisotopic (exact) mass is 337 g/mol. The van der Waals surface area contributed by atoms with E-state index < -0.39 is 16.1 Å². The van der Waals surface area contributed by atoms with Crippen LogP contribution in [-0.2, 0) is 14.9 Å². The van der Waals surface area contributed by atoms with E-state index in [0.29, 0.717) is 17.4 Å².